The molecular weight excluding hydrogens is 356 g/mol. The first-order valence-electron chi connectivity index (χ1n) is 7.71. The van der Waals surface area contributed by atoms with Crippen molar-refractivity contribution >= 4 is 40.9 Å². The van der Waals surface area contributed by atoms with E-state index in [9.17, 15) is 9.59 Å². The Balaban J connectivity index is 2.07. The zero-order valence-electron chi connectivity index (χ0n) is 14.6. The highest BCUT2D eigenvalue weighted by Gasteiger charge is 2.11. The Morgan fingerprint density at radius 2 is 1.65 bits per heavy atom. The largest absolute Gasteiger partial charge is 0.495 e. The van der Waals surface area contributed by atoms with Crippen LogP contribution in [0.1, 0.15) is 12.5 Å². The highest BCUT2D eigenvalue weighted by molar-refractivity contribution is 6.32. The van der Waals surface area contributed by atoms with Gasteiger partial charge in [-0.3, -0.25) is 9.59 Å². The highest BCUT2D eigenvalue weighted by atomic mass is 35.5. The van der Waals surface area contributed by atoms with E-state index in [1.54, 1.807) is 42.5 Å². The van der Waals surface area contributed by atoms with Crippen molar-refractivity contribution in [3.05, 3.63) is 53.1 Å². The van der Waals surface area contributed by atoms with Crippen LogP contribution in [-0.2, 0) is 9.59 Å². The van der Waals surface area contributed by atoms with Crippen molar-refractivity contribution < 1.29 is 19.1 Å². The SMILES string of the molecule is COc1cc(OC)c(NC(=O)/C=C/c2ccc(NC(C)=O)cc2)cc1Cl. The van der Waals surface area contributed by atoms with E-state index in [0.29, 0.717) is 27.9 Å². The summed E-state index contributed by atoms with van der Waals surface area (Å²) >= 11 is 6.09. The summed E-state index contributed by atoms with van der Waals surface area (Å²) < 4.78 is 10.4. The molecule has 6 nitrogen and oxygen atoms in total. The molecule has 7 heteroatoms. The van der Waals surface area contributed by atoms with Crippen LogP contribution in [0.15, 0.2) is 42.5 Å². The smallest absolute Gasteiger partial charge is 0.248 e. The van der Waals surface area contributed by atoms with Crippen molar-refractivity contribution in [2.75, 3.05) is 24.9 Å². The molecule has 26 heavy (non-hydrogen) atoms. The molecule has 2 aromatic carbocycles. The number of anilines is 2. The number of amides is 2. The first kappa shape index (κ1) is 19.3. The molecule has 0 aliphatic carbocycles. The molecule has 2 rings (SSSR count). The molecule has 0 aliphatic heterocycles. The molecule has 2 aromatic rings. The summed E-state index contributed by atoms with van der Waals surface area (Å²) in [5.74, 6) is 0.416. The zero-order valence-corrected chi connectivity index (χ0v) is 15.4. The molecule has 0 unspecified atom stereocenters. The van der Waals surface area contributed by atoms with Crippen LogP contribution in [0.25, 0.3) is 6.08 Å². The number of methoxy groups -OCH3 is 2. The van der Waals surface area contributed by atoms with Crippen LogP contribution >= 0.6 is 11.6 Å². The Bertz CT molecular complexity index is 832. The van der Waals surface area contributed by atoms with Gasteiger partial charge in [-0.05, 0) is 29.8 Å². The van der Waals surface area contributed by atoms with Crippen LogP contribution in [0, 0.1) is 0 Å². The van der Waals surface area contributed by atoms with Crippen LogP contribution in [0.5, 0.6) is 11.5 Å². The molecule has 0 spiro atoms. The predicted octanol–water partition coefficient (Wildman–Crippen LogP) is 3.97. The summed E-state index contributed by atoms with van der Waals surface area (Å²) in [6.07, 6.45) is 3.05. The maximum atomic E-state index is 12.1. The van der Waals surface area contributed by atoms with Gasteiger partial charge in [0, 0.05) is 24.8 Å². The number of nitrogens with one attached hydrogen (secondary N) is 2. The van der Waals surface area contributed by atoms with Crippen LogP contribution in [0.2, 0.25) is 5.02 Å². The maximum absolute atomic E-state index is 12.1. The zero-order chi connectivity index (χ0) is 19.1. The van der Waals surface area contributed by atoms with Gasteiger partial charge in [-0.1, -0.05) is 23.7 Å². The van der Waals surface area contributed by atoms with E-state index in [1.807, 2.05) is 0 Å². The lowest BCUT2D eigenvalue weighted by atomic mass is 10.2. The number of ether oxygens (including phenoxy) is 2. The first-order chi connectivity index (χ1) is 12.4. The van der Waals surface area contributed by atoms with Crippen molar-refractivity contribution in [3.8, 4) is 11.5 Å². The van der Waals surface area contributed by atoms with E-state index in [4.69, 9.17) is 21.1 Å². The molecule has 0 heterocycles. The lowest BCUT2D eigenvalue weighted by Gasteiger charge is -2.12. The number of carbonyl (C=O) groups is 2. The lowest BCUT2D eigenvalue weighted by molar-refractivity contribution is -0.114. The van der Waals surface area contributed by atoms with Crippen molar-refractivity contribution in [2.45, 2.75) is 6.92 Å². The second kappa shape index (κ2) is 8.92. The van der Waals surface area contributed by atoms with E-state index in [0.717, 1.165) is 5.56 Å². The van der Waals surface area contributed by atoms with Crippen molar-refractivity contribution in [1.29, 1.82) is 0 Å². The van der Waals surface area contributed by atoms with E-state index in [1.165, 1.54) is 27.2 Å². The first-order valence-corrected chi connectivity index (χ1v) is 8.09. The second-order valence-corrected chi connectivity index (χ2v) is 5.72. The fourth-order valence-electron chi connectivity index (χ4n) is 2.18. The summed E-state index contributed by atoms with van der Waals surface area (Å²) in [7, 11) is 2.99. The van der Waals surface area contributed by atoms with Gasteiger partial charge in [0.25, 0.3) is 0 Å². The van der Waals surface area contributed by atoms with Crippen molar-refractivity contribution in [2.24, 2.45) is 0 Å². The molecule has 0 atom stereocenters. The molecule has 0 saturated heterocycles. The minimum absolute atomic E-state index is 0.139. The maximum Gasteiger partial charge on any atom is 0.248 e. The normalized spacial score (nSPS) is 10.5. The second-order valence-electron chi connectivity index (χ2n) is 5.31. The van der Waals surface area contributed by atoms with Crippen molar-refractivity contribution in [3.63, 3.8) is 0 Å². The molecule has 0 radical (unpaired) electrons. The van der Waals surface area contributed by atoms with Gasteiger partial charge in [0.2, 0.25) is 11.8 Å². The topological polar surface area (TPSA) is 76.7 Å². The highest BCUT2D eigenvalue weighted by Crippen LogP contribution is 2.35. The standard InChI is InChI=1S/C19H19ClN2O4/c1-12(23)21-14-7-4-13(5-8-14)6-9-19(24)22-16-10-15(20)17(25-2)11-18(16)26-3/h4-11H,1-3H3,(H,21,23)(H,22,24)/b9-6+. The van der Waals surface area contributed by atoms with E-state index < -0.39 is 0 Å². The lowest BCUT2D eigenvalue weighted by Crippen LogP contribution is -2.09. The molecule has 0 saturated carbocycles. The Kier molecular flexibility index (Phi) is 6.63. The quantitative estimate of drug-likeness (QED) is 0.750. The predicted molar refractivity (Wildman–Crippen MR) is 103 cm³/mol. The number of benzene rings is 2. The van der Waals surface area contributed by atoms with E-state index in [-0.39, 0.29) is 11.8 Å². The van der Waals surface area contributed by atoms with Crippen LogP contribution in [0.3, 0.4) is 0 Å². The van der Waals surface area contributed by atoms with E-state index >= 15 is 0 Å². The minimum Gasteiger partial charge on any atom is -0.495 e. The Morgan fingerprint density at radius 3 is 2.23 bits per heavy atom. The molecule has 2 amide bonds. The summed E-state index contributed by atoms with van der Waals surface area (Å²) in [5, 5.41) is 5.75. The Hall–Kier alpha value is -2.99. The number of carbonyl (C=O) groups excluding carboxylic acids is 2. The molecule has 0 aromatic heterocycles. The van der Waals surface area contributed by atoms with Gasteiger partial charge in [-0.2, -0.15) is 0 Å². The molecule has 0 fully saturated rings. The van der Waals surface area contributed by atoms with Gasteiger partial charge in [0.15, 0.2) is 0 Å². The van der Waals surface area contributed by atoms with E-state index in [2.05, 4.69) is 10.6 Å². The summed E-state index contributed by atoms with van der Waals surface area (Å²) in [4.78, 5) is 23.1. The molecule has 2 N–H and O–H groups in total. The Morgan fingerprint density at radius 1 is 1.00 bits per heavy atom. The van der Waals surface area contributed by atoms with Gasteiger partial charge >= 0.3 is 0 Å². The van der Waals surface area contributed by atoms with Crippen molar-refractivity contribution in [1.82, 2.24) is 0 Å². The van der Waals surface area contributed by atoms with Crippen LogP contribution in [0.4, 0.5) is 11.4 Å². The number of hydrogen-bond acceptors (Lipinski definition) is 4. The third-order valence-electron chi connectivity index (χ3n) is 3.39. The number of hydrogen-bond donors (Lipinski definition) is 2. The van der Waals surface area contributed by atoms with Gasteiger partial charge in [0.05, 0.1) is 24.9 Å². The molecule has 0 aliphatic rings. The summed E-state index contributed by atoms with van der Waals surface area (Å²) in [6, 6.07) is 10.3. The molecule has 136 valence electrons. The summed E-state index contributed by atoms with van der Waals surface area (Å²) in [5.41, 5.74) is 1.94. The van der Waals surface area contributed by atoms with Gasteiger partial charge in [-0.15, -0.1) is 0 Å². The monoisotopic (exact) mass is 374 g/mol. The molecule has 0 bridgehead atoms. The van der Waals surface area contributed by atoms with Crippen LogP contribution < -0.4 is 20.1 Å². The Labute approximate surface area is 156 Å². The molecular formula is C19H19ClN2O4. The number of halogens is 1. The third-order valence-corrected chi connectivity index (χ3v) is 3.69. The van der Waals surface area contributed by atoms with Gasteiger partial charge in [0.1, 0.15) is 11.5 Å². The summed E-state index contributed by atoms with van der Waals surface area (Å²) in [6.45, 7) is 1.44. The fourth-order valence-corrected chi connectivity index (χ4v) is 2.43. The average Bonchev–Trinajstić information content (AvgIpc) is 2.61. The van der Waals surface area contributed by atoms with Gasteiger partial charge in [-0.25, -0.2) is 0 Å². The minimum atomic E-state index is -0.338. The third kappa shape index (κ3) is 5.26. The van der Waals surface area contributed by atoms with Crippen LogP contribution in [-0.4, -0.2) is 26.0 Å². The fraction of sp³-hybridized carbons (Fsp3) is 0.158. The average molecular weight is 375 g/mol. The number of rotatable bonds is 6. The van der Waals surface area contributed by atoms with Gasteiger partial charge < -0.3 is 20.1 Å².